The summed E-state index contributed by atoms with van der Waals surface area (Å²) in [4.78, 5) is 13.2. The Labute approximate surface area is 109 Å². The lowest BCUT2D eigenvalue weighted by atomic mass is 10.1. The van der Waals surface area contributed by atoms with E-state index < -0.39 is 0 Å². The quantitative estimate of drug-likeness (QED) is 0.872. The number of nitrogens with two attached hydrogens (primary N) is 1. The molecule has 0 fully saturated rings. The summed E-state index contributed by atoms with van der Waals surface area (Å²) in [6.07, 6.45) is -0.286. The maximum Gasteiger partial charge on any atom is 0.409 e. The predicted molar refractivity (Wildman–Crippen MR) is 72.0 cm³/mol. The van der Waals surface area contributed by atoms with Crippen molar-refractivity contribution in [2.24, 2.45) is 11.7 Å². The van der Waals surface area contributed by atoms with Crippen molar-refractivity contribution >= 4 is 6.09 Å². The molecule has 0 saturated carbocycles. The van der Waals surface area contributed by atoms with Crippen LogP contribution in [0.4, 0.5) is 4.79 Å². The molecular weight excluding hydrogens is 228 g/mol. The van der Waals surface area contributed by atoms with E-state index in [2.05, 4.69) is 0 Å². The molecule has 0 saturated heterocycles. The van der Waals surface area contributed by atoms with Gasteiger partial charge in [0, 0.05) is 20.1 Å². The summed E-state index contributed by atoms with van der Waals surface area (Å²) in [6, 6.07) is 7.91. The van der Waals surface area contributed by atoms with Crippen LogP contribution in [-0.2, 0) is 17.8 Å². The van der Waals surface area contributed by atoms with E-state index in [1.165, 1.54) is 0 Å². The van der Waals surface area contributed by atoms with Gasteiger partial charge in [0.05, 0.1) is 6.61 Å². The molecule has 0 atom stereocenters. The molecule has 1 aromatic carbocycles. The van der Waals surface area contributed by atoms with Crippen LogP contribution in [-0.4, -0.2) is 24.6 Å². The summed E-state index contributed by atoms with van der Waals surface area (Å²) in [5.41, 5.74) is 7.69. The Kier molecular flexibility index (Phi) is 5.65. The summed E-state index contributed by atoms with van der Waals surface area (Å²) in [5, 5.41) is 0. The zero-order valence-corrected chi connectivity index (χ0v) is 11.3. The second kappa shape index (κ2) is 7.01. The van der Waals surface area contributed by atoms with Gasteiger partial charge in [0.2, 0.25) is 0 Å². The monoisotopic (exact) mass is 250 g/mol. The minimum Gasteiger partial charge on any atom is -0.449 e. The number of rotatable bonds is 5. The molecule has 100 valence electrons. The normalized spacial score (nSPS) is 10.5. The Bertz CT molecular complexity index is 374. The molecule has 0 aliphatic carbocycles. The summed E-state index contributed by atoms with van der Waals surface area (Å²) in [7, 11) is 1.74. The van der Waals surface area contributed by atoms with Crippen molar-refractivity contribution in [3.05, 3.63) is 35.4 Å². The number of hydrogen-bond acceptors (Lipinski definition) is 3. The van der Waals surface area contributed by atoms with E-state index in [-0.39, 0.29) is 6.09 Å². The van der Waals surface area contributed by atoms with E-state index in [0.717, 1.165) is 11.1 Å². The Balaban J connectivity index is 2.47. The van der Waals surface area contributed by atoms with E-state index in [1.54, 1.807) is 11.9 Å². The standard InChI is InChI=1S/C14H22N2O2/c1-11(2)10-18-14(17)16(3)9-13-6-4-12(8-15)5-7-13/h4-7,11H,8-10,15H2,1-3H3. The third-order valence-electron chi connectivity index (χ3n) is 2.53. The molecule has 0 bridgehead atoms. The van der Waals surface area contributed by atoms with E-state index in [0.29, 0.717) is 25.6 Å². The lowest BCUT2D eigenvalue weighted by Crippen LogP contribution is -2.28. The van der Waals surface area contributed by atoms with Gasteiger partial charge in [0.15, 0.2) is 0 Å². The number of carbonyl (C=O) groups excluding carboxylic acids is 1. The van der Waals surface area contributed by atoms with Gasteiger partial charge >= 0.3 is 6.09 Å². The fourth-order valence-electron chi connectivity index (χ4n) is 1.47. The fraction of sp³-hybridized carbons (Fsp3) is 0.500. The van der Waals surface area contributed by atoms with Crippen molar-refractivity contribution in [1.29, 1.82) is 0 Å². The molecule has 4 heteroatoms. The minimum atomic E-state index is -0.286. The molecule has 0 aliphatic heterocycles. The summed E-state index contributed by atoms with van der Waals surface area (Å²) in [6.45, 7) is 5.56. The first-order valence-electron chi connectivity index (χ1n) is 6.18. The van der Waals surface area contributed by atoms with Gasteiger partial charge in [0.1, 0.15) is 0 Å². The van der Waals surface area contributed by atoms with Crippen molar-refractivity contribution < 1.29 is 9.53 Å². The first kappa shape index (κ1) is 14.5. The van der Waals surface area contributed by atoms with Gasteiger partial charge in [-0.2, -0.15) is 0 Å². The molecular formula is C14H22N2O2. The average Bonchev–Trinajstić information content (AvgIpc) is 2.36. The van der Waals surface area contributed by atoms with Gasteiger partial charge in [-0.15, -0.1) is 0 Å². The summed E-state index contributed by atoms with van der Waals surface area (Å²) in [5.74, 6) is 0.353. The lowest BCUT2D eigenvalue weighted by molar-refractivity contribution is 0.0980. The van der Waals surface area contributed by atoms with Crippen LogP contribution in [0.2, 0.25) is 0 Å². The molecule has 18 heavy (non-hydrogen) atoms. The molecule has 1 aromatic rings. The van der Waals surface area contributed by atoms with Gasteiger partial charge in [-0.25, -0.2) is 4.79 Å². The molecule has 1 rings (SSSR count). The molecule has 0 heterocycles. The van der Waals surface area contributed by atoms with Crippen molar-refractivity contribution in [2.45, 2.75) is 26.9 Å². The number of amides is 1. The first-order valence-corrected chi connectivity index (χ1v) is 6.18. The number of benzene rings is 1. The van der Waals surface area contributed by atoms with Crippen LogP contribution in [0.25, 0.3) is 0 Å². The molecule has 1 amide bonds. The van der Waals surface area contributed by atoms with E-state index in [9.17, 15) is 4.79 Å². The van der Waals surface area contributed by atoms with Gasteiger partial charge in [-0.1, -0.05) is 38.1 Å². The van der Waals surface area contributed by atoms with E-state index >= 15 is 0 Å². The smallest absolute Gasteiger partial charge is 0.409 e. The van der Waals surface area contributed by atoms with Gasteiger partial charge in [-0.3, -0.25) is 0 Å². The highest BCUT2D eigenvalue weighted by Crippen LogP contribution is 2.07. The number of hydrogen-bond donors (Lipinski definition) is 1. The number of ether oxygens (including phenoxy) is 1. The Hall–Kier alpha value is -1.55. The van der Waals surface area contributed by atoms with Crippen LogP contribution in [0.1, 0.15) is 25.0 Å². The molecule has 0 radical (unpaired) electrons. The van der Waals surface area contributed by atoms with Crippen LogP contribution in [0.5, 0.6) is 0 Å². The third-order valence-corrected chi connectivity index (χ3v) is 2.53. The summed E-state index contributed by atoms with van der Waals surface area (Å²) < 4.78 is 5.15. The molecule has 0 spiro atoms. The zero-order valence-electron chi connectivity index (χ0n) is 11.3. The Morgan fingerprint density at radius 1 is 1.28 bits per heavy atom. The highest BCUT2D eigenvalue weighted by Gasteiger charge is 2.11. The van der Waals surface area contributed by atoms with Crippen LogP contribution in [0.15, 0.2) is 24.3 Å². The van der Waals surface area contributed by atoms with Gasteiger partial charge in [0.25, 0.3) is 0 Å². The molecule has 4 nitrogen and oxygen atoms in total. The van der Waals surface area contributed by atoms with Gasteiger partial charge < -0.3 is 15.4 Å². The third kappa shape index (κ3) is 4.75. The van der Waals surface area contributed by atoms with Gasteiger partial charge in [-0.05, 0) is 17.0 Å². The van der Waals surface area contributed by atoms with Crippen molar-refractivity contribution in [1.82, 2.24) is 4.90 Å². The lowest BCUT2D eigenvalue weighted by Gasteiger charge is -2.18. The Morgan fingerprint density at radius 3 is 2.33 bits per heavy atom. The highest BCUT2D eigenvalue weighted by atomic mass is 16.6. The maximum atomic E-state index is 11.7. The topological polar surface area (TPSA) is 55.6 Å². The first-order chi connectivity index (χ1) is 8.52. The number of carbonyl (C=O) groups is 1. The highest BCUT2D eigenvalue weighted by molar-refractivity contribution is 5.67. The van der Waals surface area contributed by atoms with Crippen LogP contribution in [0, 0.1) is 5.92 Å². The minimum absolute atomic E-state index is 0.286. The van der Waals surface area contributed by atoms with Crippen molar-refractivity contribution in [3.63, 3.8) is 0 Å². The second-order valence-electron chi connectivity index (χ2n) is 4.85. The van der Waals surface area contributed by atoms with E-state index in [1.807, 2.05) is 38.1 Å². The van der Waals surface area contributed by atoms with Crippen molar-refractivity contribution in [2.75, 3.05) is 13.7 Å². The molecule has 2 N–H and O–H groups in total. The summed E-state index contributed by atoms with van der Waals surface area (Å²) >= 11 is 0. The molecule has 0 unspecified atom stereocenters. The zero-order chi connectivity index (χ0) is 13.5. The largest absolute Gasteiger partial charge is 0.449 e. The van der Waals surface area contributed by atoms with Crippen LogP contribution >= 0.6 is 0 Å². The predicted octanol–water partition coefficient (Wildman–Crippen LogP) is 2.37. The Morgan fingerprint density at radius 2 is 1.83 bits per heavy atom. The maximum absolute atomic E-state index is 11.7. The van der Waals surface area contributed by atoms with Crippen LogP contribution < -0.4 is 5.73 Å². The van der Waals surface area contributed by atoms with Crippen LogP contribution in [0.3, 0.4) is 0 Å². The SMILES string of the molecule is CC(C)COC(=O)N(C)Cc1ccc(CN)cc1. The molecule has 0 aromatic heterocycles. The number of nitrogens with zero attached hydrogens (tertiary/aromatic N) is 1. The van der Waals surface area contributed by atoms with Crippen molar-refractivity contribution in [3.8, 4) is 0 Å². The fourth-order valence-corrected chi connectivity index (χ4v) is 1.47. The van der Waals surface area contributed by atoms with E-state index in [4.69, 9.17) is 10.5 Å². The molecule has 0 aliphatic rings. The average molecular weight is 250 g/mol. The second-order valence-corrected chi connectivity index (χ2v) is 4.85.